The predicted molar refractivity (Wildman–Crippen MR) is 196 cm³/mol. The van der Waals surface area contributed by atoms with E-state index in [-0.39, 0.29) is 37.1 Å². The van der Waals surface area contributed by atoms with E-state index in [0.717, 1.165) is 61.6 Å². The van der Waals surface area contributed by atoms with Gasteiger partial charge in [0, 0.05) is 60.8 Å². The summed E-state index contributed by atoms with van der Waals surface area (Å²) in [7, 11) is 1.57. The minimum Gasteiger partial charge on any atom is -0.497 e. The minimum atomic E-state index is -1.41. The second-order valence-electron chi connectivity index (χ2n) is 14.7. The van der Waals surface area contributed by atoms with Crippen LogP contribution >= 0.6 is 0 Å². The topological polar surface area (TPSA) is 138 Å². The van der Waals surface area contributed by atoms with Crippen molar-refractivity contribution in [2.45, 2.75) is 88.3 Å². The zero-order valence-corrected chi connectivity index (χ0v) is 29.8. The first-order chi connectivity index (χ1) is 25.3. The molecule has 4 aliphatic rings. The fourth-order valence-corrected chi connectivity index (χ4v) is 8.10. The number of carboxylic acid groups (broad SMARTS) is 1. The minimum absolute atomic E-state index is 0.0252. The Morgan fingerprint density at radius 3 is 2.56 bits per heavy atom. The van der Waals surface area contributed by atoms with Gasteiger partial charge < -0.3 is 29.7 Å². The molecule has 274 valence electrons. The lowest BCUT2D eigenvalue weighted by molar-refractivity contribution is -0.147. The van der Waals surface area contributed by atoms with Gasteiger partial charge in [-0.25, -0.2) is 9.78 Å². The average molecular weight is 709 g/mol. The Morgan fingerprint density at radius 1 is 1.00 bits per heavy atom. The molecule has 3 aliphatic heterocycles. The Morgan fingerprint density at radius 2 is 1.79 bits per heavy atom. The van der Waals surface area contributed by atoms with Crippen LogP contribution in [-0.2, 0) is 19.2 Å². The number of methoxy groups -OCH3 is 1. The van der Waals surface area contributed by atoms with E-state index in [2.05, 4.69) is 5.32 Å². The molecular weight excluding hydrogens is 660 g/mol. The van der Waals surface area contributed by atoms with Crippen LogP contribution in [0.4, 0.5) is 0 Å². The van der Waals surface area contributed by atoms with Crippen LogP contribution in [0.2, 0.25) is 0 Å². The molecule has 7 rings (SSSR count). The van der Waals surface area contributed by atoms with Crippen molar-refractivity contribution in [1.82, 2.24) is 20.1 Å². The first-order valence-corrected chi connectivity index (χ1v) is 18.8. The second-order valence-corrected chi connectivity index (χ2v) is 14.7. The molecule has 3 amide bonds. The number of ether oxygens (including phenoxy) is 2. The van der Waals surface area contributed by atoms with Gasteiger partial charge in [0.25, 0.3) is 0 Å². The van der Waals surface area contributed by atoms with Gasteiger partial charge in [-0.05, 0) is 57.1 Å². The number of fused-ring (bicyclic) bond motifs is 3. The third-order valence-electron chi connectivity index (χ3n) is 11.2. The number of carbonyl (C=O) groups is 4. The predicted octanol–water partition coefficient (Wildman–Crippen LogP) is 5.76. The summed E-state index contributed by atoms with van der Waals surface area (Å²) in [5.74, 6) is -1.74. The van der Waals surface area contributed by atoms with Crippen LogP contribution in [0.15, 0.2) is 66.7 Å². The van der Waals surface area contributed by atoms with Gasteiger partial charge in [-0.15, -0.1) is 0 Å². The molecule has 3 aromatic rings. The molecule has 11 heteroatoms. The molecule has 4 heterocycles. The quantitative estimate of drug-likeness (QED) is 0.296. The number of hydrogen-bond donors (Lipinski definition) is 2. The van der Waals surface area contributed by atoms with Gasteiger partial charge in [0.05, 0.1) is 24.9 Å². The fourth-order valence-electron chi connectivity index (χ4n) is 8.10. The highest BCUT2D eigenvalue weighted by atomic mass is 16.5. The number of pyridine rings is 1. The van der Waals surface area contributed by atoms with E-state index < -0.39 is 35.5 Å². The molecular formula is C41H48N4O7. The number of nitrogens with zero attached hydrogens (tertiary/aromatic N) is 3. The maximum atomic E-state index is 14.6. The summed E-state index contributed by atoms with van der Waals surface area (Å²) < 4.78 is 12.3. The van der Waals surface area contributed by atoms with Gasteiger partial charge in [-0.1, -0.05) is 55.3 Å². The van der Waals surface area contributed by atoms with E-state index in [9.17, 15) is 24.3 Å². The number of allylic oxidation sites excluding steroid dienone is 1. The molecule has 1 saturated carbocycles. The van der Waals surface area contributed by atoms with Crippen molar-refractivity contribution in [2.75, 3.05) is 26.7 Å². The van der Waals surface area contributed by atoms with Crippen molar-refractivity contribution in [3.8, 4) is 22.8 Å². The summed E-state index contributed by atoms with van der Waals surface area (Å²) in [5, 5.41) is 13.8. The SMILES string of the molecule is COc1cc(O[C@@H]2C[C@H]3C(=O)NC4(C(=O)O)CC4/C=C\CCCCC[C@@H](CC(=O)N4CCCCC4)C(=O)N3C2)c2ccc(-c3ccccc3)nc2c1. The number of nitrogens with one attached hydrogen (secondary N) is 1. The highest BCUT2D eigenvalue weighted by molar-refractivity contribution is 5.96. The van der Waals surface area contributed by atoms with E-state index >= 15 is 0 Å². The second kappa shape index (κ2) is 15.4. The lowest BCUT2D eigenvalue weighted by Gasteiger charge is -2.31. The fraction of sp³-hybridized carbons (Fsp3) is 0.488. The molecule has 5 atom stereocenters. The maximum Gasteiger partial charge on any atom is 0.330 e. The van der Waals surface area contributed by atoms with E-state index in [1.807, 2.05) is 65.6 Å². The van der Waals surface area contributed by atoms with E-state index in [1.54, 1.807) is 18.1 Å². The number of carboxylic acids is 1. The van der Waals surface area contributed by atoms with Crippen LogP contribution in [0.25, 0.3) is 22.2 Å². The molecule has 2 unspecified atom stereocenters. The molecule has 0 radical (unpaired) electrons. The lowest BCUT2D eigenvalue weighted by Crippen LogP contribution is -2.54. The van der Waals surface area contributed by atoms with Crippen molar-refractivity contribution in [3.05, 3.63) is 66.7 Å². The van der Waals surface area contributed by atoms with E-state index in [0.29, 0.717) is 42.9 Å². The number of hydrogen-bond acceptors (Lipinski definition) is 7. The number of amides is 3. The van der Waals surface area contributed by atoms with Crippen LogP contribution in [-0.4, -0.2) is 88.0 Å². The smallest absolute Gasteiger partial charge is 0.330 e. The van der Waals surface area contributed by atoms with Crippen molar-refractivity contribution in [3.63, 3.8) is 0 Å². The Hall–Kier alpha value is -4.93. The Kier molecular flexibility index (Phi) is 10.5. The van der Waals surface area contributed by atoms with Crippen LogP contribution in [0.3, 0.4) is 0 Å². The van der Waals surface area contributed by atoms with Gasteiger partial charge >= 0.3 is 5.97 Å². The van der Waals surface area contributed by atoms with Crippen molar-refractivity contribution in [1.29, 1.82) is 0 Å². The van der Waals surface area contributed by atoms with Crippen LogP contribution in [0.5, 0.6) is 11.5 Å². The molecule has 2 N–H and O–H groups in total. The first kappa shape index (κ1) is 35.5. The Labute approximate surface area is 304 Å². The summed E-state index contributed by atoms with van der Waals surface area (Å²) in [4.78, 5) is 63.1. The van der Waals surface area contributed by atoms with Gasteiger partial charge in [0.15, 0.2) is 0 Å². The van der Waals surface area contributed by atoms with E-state index in [4.69, 9.17) is 14.5 Å². The van der Waals surface area contributed by atoms with Crippen molar-refractivity contribution < 1.29 is 33.8 Å². The average Bonchev–Trinajstić information content (AvgIpc) is 3.70. The Bertz CT molecular complexity index is 1840. The zero-order valence-electron chi connectivity index (χ0n) is 29.8. The molecule has 11 nitrogen and oxygen atoms in total. The van der Waals surface area contributed by atoms with Crippen LogP contribution in [0.1, 0.15) is 70.6 Å². The summed E-state index contributed by atoms with van der Waals surface area (Å²) in [5.41, 5.74) is 1.04. The number of aliphatic carboxylic acids is 1. The van der Waals surface area contributed by atoms with Gasteiger partial charge in [-0.2, -0.15) is 0 Å². The standard InChI is InChI=1S/C41H48N4O7/c1-51-30-22-34-32(17-18-33(42-34)27-13-8-5-9-14-27)36(24-30)52-31-23-35-38(47)43-41(40(49)50)25-29(41)16-10-4-2-3-7-15-28(39(48)45(35)26-31)21-37(46)44-19-11-6-12-20-44/h5,8-10,13-14,16-18,22,24,28-29,31,35H,2-4,6-7,11-12,15,19-21,23,25-26H2,1H3,(H,43,47)(H,49,50)/b16-10-/t28-,29?,31+,35-,41?/m0/s1. The van der Waals surface area contributed by atoms with Crippen LogP contribution in [0, 0.1) is 11.8 Å². The van der Waals surface area contributed by atoms with Crippen molar-refractivity contribution in [2.24, 2.45) is 11.8 Å². The number of rotatable bonds is 7. The van der Waals surface area contributed by atoms with Crippen molar-refractivity contribution >= 4 is 34.6 Å². The molecule has 0 bridgehead atoms. The number of piperidine rings is 1. The van der Waals surface area contributed by atoms with Gasteiger partial charge in [0.2, 0.25) is 17.7 Å². The number of benzene rings is 2. The zero-order chi connectivity index (χ0) is 36.2. The van der Waals surface area contributed by atoms with E-state index in [1.165, 1.54) is 0 Å². The maximum absolute atomic E-state index is 14.6. The summed E-state index contributed by atoms with van der Waals surface area (Å²) in [6.45, 7) is 1.51. The normalized spacial score (nSPS) is 27.4. The van der Waals surface area contributed by atoms with Gasteiger partial charge in [0.1, 0.15) is 29.2 Å². The number of aromatic nitrogens is 1. The summed E-state index contributed by atoms with van der Waals surface area (Å²) >= 11 is 0. The lowest BCUT2D eigenvalue weighted by atomic mass is 9.94. The Balaban J connectivity index is 1.19. The summed E-state index contributed by atoms with van der Waals surface area (Å²) in [6.07, 6.45) is 10.8. The molecule has 1 aromatic heterocycles. The number of likely N-dealkylation sites (tertiary alicyclic amines) is 1. The van der Waals surface area contributed by atoms with Gasteiger partial charge in [-0.3, -0.25) is 14.4 Å². The monoisotopic (exact) mass is 708 g/mol. The number of carbonyl (C=O) groups excluding carboxylic acids is 3. The molecule has 52 heavy (non-hydrogen) atoms. The summed E-state index contributed by atoms with van der Waals surface area (Å²) in [6, 6.07) is 16.4. The molecule has 1 aliphatic carbocycles. The third-order valence-corrected chi connectivity index (χ3v) is 11.2. The molecule has 3 fully saturated rings. The first-order valence-electron chi connectivity index (χ1n) is 18.8. The largest absolute Gasteiger partial charge is 0.497 e. The molecule has 0 spiro atoms. The highest BCUT2D eigenvalue weighted by Gasteiger charge is 2.61. The molecule has 2 aromatic carbocycles. The van der Waals surface area contributed by atoms with Crippen LogP contribution < -0.4 is 14.8 Å². The highest BCUT2D eigenvalue weighted by Crippen LogP contribution is 2.45. The third kappa shape index (κ3) is 7.49. The molecule has 2 saturated heterocycles.